The van der Waals surface area contributed by atoms with Gasteiger partial charge in [-0.1, -0.05) is 157 Å². The Bertz CT molecular complexity index is 4510. The van der Waals surface area contributed by atoms with Gasteiger partial charge in [-0.25, -0.2) is 0 Å². The predicted molar refractivity (Wildman–Crippen MR) is 319 cm³/mol. The van der Waals surface area contributed by atoms with E-state index in [9.17, 15) is 0 Å². The van der Waals surface area contributed by atoms with Crippen molar-refractivity contribution in [2.24, 2.45) is 0 Å². The van der Waals surface area contributed by atoms with Crippen molar-refractivity contribution in [1.29, 1.82) is 0 Å². The zero-order valence-corrected chi connectivity index (χ0v) is 46.7. The molecule has 5 aromatic heterocycles. The zero-order valence-electron chi connectivity index (χ0n) is 44.3. The fourth-order valence-electron chi connectivity index (χ4n) is 11.9. The maximum atomic E-state index is 4.91. The first kappa shape index (κ1) is 49.1. The maximum absolute atomic E-state index is 4.91. The Morgan fingerprint density at radius 2 is 0.936 bits per heavy atom. The second-order valence-electron chi connectivity index (χ2n) is 21.1. The van der Waals surface area contributed by atoms with Crippen LogP contribution >= 0.6 is 0 Å². The van der Waals surface area contributed by atoms with E-state index in [2.05, 4.69) is 244 Å². The van der Waals surface area contributed by atoms with Crippen LogP contribution in [0.5, 0.6) is 0 Å². The zero-order chi connectivity index (χ0) is 51.9. The molecule has 0 saturated heterocycles. The van der Waals surface area contributed by atoms with Gasteiger partial charge in [0.15, 0.2) is 0 Å². The van der Waals surface area contributed by atoms with Crippen LogP contribution in [-0.4, -0.2) is 23.8 Å². The summed E-state index contributed by atoms with van der Waals surface area (Å²) in [4.78, 5) is 14.7. The van der Waals surface area contributed by atoms with Crippen molar-refractivity contribution in [2.45, 2.75) is 60.3 Å². The van der Waals surface area contributed by atoms with Gasteiger partial charge in [0.2, 0.25) is 0 Å². The average molecular weight is 1180 g/mol. The van der Waals surface area contributed by atoms with Crippen molar-refractivity contribution in [1.82, 2.24) is 23.8 Å². The standard InChI is InChI=1S/C72H54N5.Ir/c1-44-18-31-70(73-43-44)56-26-30-66(68(42-56)53-25-29-67-64-16-9-8-14-62(64)63-15-10-11-17-65(63)69(67)41-53)61-13-7-6-12-58(61)57-39-51(21-19-49-23-27-59-54(37-49)32-34-76-47(4)45(2)74-71(59)76)36-52(40-57)22-20-50-24-28-60-55(38-50)33-35-77-48(5)46(3)75-72(60)77;/h6-18,23-25,29-43H,19-22H2,1-5H3;/q-3;+3. The third-order valence-electron chi connectivity index (χ3n) is 16.3. The normalized spacial score (nSPS) is 11.8. The first-order valence-corrected chi connectivity index (χ1v) is 26.8. The van der Waals surface area contributed by atoms with Crippen LogP contribution < -0.4 is 0 Å². The number of nitrogens with zero attached hydrogens (tertiary/aromatic N) is 5. The minimum absolute atomic E-state index is 0. The fraction of sp³-hybridized carbons (Fsp3) is 0.125. The number of fused-ring (bicyclic) bond motifs is 12. The van der Waals surface area contributed by atoms with E-state index >= 15 is 0 Å². The third kappa shape index (κ3) is 8.57. The molecule has 0 aliphatic carbocycles. The number of hydrogen-bond acceptors (Lipinski definition) is 3. The second kappa shape index (κ2) is 19.8. The minimum atomic E-state index is 0. The molecule has 0 fully saturated rings. The van der Waals surface area contributed by atoms with Crippen LogP contribution in [0.15, 0.2) is 188 Å². The Labute approximate surface area is 468 Å². The number of imidazole rings is 2. The molecule has 6 heteroatoms. The summed E-state index contributed by atoms with van der Waals surface area (Å²) in [5.74, 6) is 0. The summed E-state index contributed by atoms with van der Waals surface area (Å²) in [5.41, 5.74) is 21.5. The van der Waals surface area contributed by atoms with Gasteiger partial charge in [0.25, 0.3) is 0 Å². The van der Waals surface area contributed by atoms with E-state index in [0.29, 0.717) is 0 Å². The molecule has 0 radical (unpaired) electrons. The van der Waals surface area contributed by atoms with Crippen molar-refractivity contribution in [3.8, 4) is 44.6 Å². The Morgan fingerprint density at radius 1 is 0.410 bits per heavy atom. The number of hydrogen-bond donors (Lipinski definition) is 0. The van der Waals surface area contributed by atoms with Crippen LogP contribution in [-0.2, 0) is 45.8 Å². The van der Waals surface area contributed by atoms with Crippen molar-refractivity contribution in [3.63, 3.8) is 0 Å². The molecule has 5 nitrogen and oxygen atoms in total. The summed E-state index contributed by atoms with van der Waals surface area (Å²) in [5, 5.41) is 12.0. The first-order chi connectivity index (χ1) is 37.7. The first-order valence-electron chi connectivity index (χ1n) is 26.8. The van der Waals surface area contributed by atoms with Crippen LogP contribution in [0.4, 0.5) is 0 Å². The van der Waals surface area contributed by atoms with E-state index in [-0.39, 0.29) is 20.1 Å². The summed E-state index contributed by atoms with van der Waals surface area (Å²) in [7, 11) is 0. The molecule has 0 atom stereocenters. The molecule has 0 N–H and O–H groups in total. The van der Waals surface area contributed by atoms with Gasteiger partial charge in [-0.05, 0) is 137 Å². The van der Waals surface area contributed by atoms with Gasteiger partial charge in [0.1, 0.15) is 0 Å². The van der Waals surface area contributed by atoms with E-state index in [1.54, 1.807) is 0 Å². The van der Waals surface area contributed by atoms with E-state index < -0.39 is 0 Å². The van der Waals surface area contributed by atoms with Gasteiger partial charge in [-0.15, -0.1) is 92.8 Å². The van der Waals surface area contributed by atoms with Crippen molar-refractivity contribution >= 4 is 65.2 Å². The smallest absolute Gasteiger partial charge is 0.344 e. The van der Waals surface area contributed by atoms with E-state index in [1.807, 2.05) is 6.20 Å². The molecule has 14 aromatic rings. The third-order valence-corrected chi connectivity index (χ3v) is 16.3. The Balaban J connectivity index is 0.00000579. The largest absolute Gasteiger partial charge is 3.00 e. The van der Waals surface area contributed by atoms with Crippen molar-refractivity contribution < 1.29 is 20.1 Å². The molecular formula is C72H54IrN5. The summed E-state index contributed by atoms with van der Waals surface area (Å²) in [6.45, 7) is 10.5. The topological polar surface area (TPSA) is 47.5 Å². The van der Waals surface area contributed by atoms with Crippen LogP contribution in [0, 0.1) is 52.8 Å². The number of benzene rings is 9. The molecule has 0 saturated carbocycles. The Hall–Kier alpha value is -8.54. The SMILES string of the molecule is Cc1ccc(-c2[c-]cc(-c3ccccc3-c3cc(CCc4c[c-]c5c(ccn6c(C)c(C)nc56)c4)cc(CCc4c[c-]c5c(ccn6c(C)c(C)nc56)c4)c3)c(-c3ccc4c5ccccc5c5ccccc5c4c3)c2)nc1.[Ir+3]. The Morgan fingerprint density at radius 3 is 1.50 bits per heavy atom. The second-order valence-corrected chi connectivity index (χ2v) is 21.1. The van der Waals surface area contributed by atoms with Crippen molar-refractivity contribution in [2.75, 3.05) is 0 Å². The summed E-state index contributed by atoms with van der Waals surface area (Å²) in [6.07, 6.45) is 9.76. The van der Waals surface area contributed by atoms with E-state index in [4.69, 9.17) is 15.0 Å². The van der Waals surface area contributed by atoms with E-state index in [0.717, 1.165) is 98.2 Å². The molecule has 0 spiro atoms. The predicted octanol–water partition coefficient (Wildman–Crippen LogP) is 17.3. The van der Waals surface area contributed by atoms with Crippen LogP contribution in [0.25, 0.3) is 110 Å². The Kier molecular flexibility index (Phi) is 12.4. The molecule has 9 aromatic carbocycles. The van der Waals surface area contributed by atoms with Gasteiger partial charge in [-0.2, -0.15) is 0 Å². The van der Waals surface area contributed by atoms with E-state index in [1.165, 1.54) is 87.9 Å². The molecule has 0 aliphatic heterocycles. The van der Waals surface area contributed by atoms with Crippen molar-refractivity contribution in [3.05, 3.63) is 257 Å². The summed E-state index contributed by atoms with van der Waals surface area (Å²) < 4.78 is 4.35. The van der Waals surface area contributed by atoms with Gasteiger partial charge in [0.05, 0.1) is 11.3 Å². The van der Waals surface area contributed by atoms with Crippen LogP contribution in [0.2, 0.25) is 0 Å². The summed E-state index contributed by atoms with van der Waals surface area (Å²) in [6, 6.07) is 74.1. The molecule has 0 aliphatic rings. The molecule has 78 heavy (non-hydrogen) atoms. The number of pyridine rings is 3. The van der Waals surface area contributed by atoms with Crippen LogP contribution in [0.1, 0.15) is 50.6 Å². The molecule has 376 valence electrons. The monoisotopic (exact) mass is 1180 g/mol. The number of rotatable bonds is 10. The molecule has 14 rings (SSSR count). The fourth-order valence-corrected chi connectivity index (χ4v) is 11.9. The minimum Gasteiger partial charge on any atom is -0.344 e. The molecule has 0 bridgehead atoms. The number of aryl methyl sites for hydroxylation is 9. The molecule has 0 amide bonds. The molecule has 5 heterocycles. The number of aromatic nitrogens is 5. The van der Waals surface area contributed by atoms with Gasteiger partial charge < -0.3 is 13.8 Å². The average Bonchev–Trinajstić information content (AvgIpc) is 4.01. The maximum Gasteiger partial charge on any atom is 3.00 e. The van der Waals surface area contributed by atoms with Gasteiger partial charge >= 0.3 is 20.1 Å². The molecule has 0 unspecified atom stereocenters. The van der Waals surface area contributed by atoms with Gasteiger partial charge in [0, 0.05) is 29.0 Å². The van der Waals surface area contributed by atoms with Crippen LogP contribution in [0.3, 0.4) is 0 Å². The van der Waals surface area contributed by atoms with Gasteiger partial charge in [-0.3, -0.25) is 9.97 Å². The quantitative estimate of drug-likeness (QED) is 0.101. The summed E-state index contributed by atoms with van der Waals surface area (Å²) >= 11 is 0. The molecular weight excluding hydrogens is 1130 g/mol.